The third-order valence-electron chi connectivity index (χ3n) is 2.94. The minimum Gasteiger partial charge on any atom is -0.493 e. The number of rotatable bonds is 10. The lowest BCUT2D eigenvalue weighted by atomic mass is 10.2. The van der Waals surface area contributed by atoms with E-state index in [1.165, 1.54) is 0 Å². The fourth-order valence-electron chi connectivity index (χ4n) is 1.86. The van der Waals surface area contributed by atoms with E-state index >= 15 is 0 Å². The van der Waals surface area contributed by atoms with Crippen LogP contribution in [0.1, 0.15) is 25.8 Å². The Kier molecular flexibility index (Phi) is 12.5. The number of aliphatic imine (C=N–C) groups is 1. The van der Waals surface area contributed by atoms with Gasteiger partial charge in [0.15, 0.2) is 17.5 Å². The Balaban J connectivity index is 0.00000484. The minimum atomic E-state index is 0. The molecule has 0 aliphatic heterocycles. The largest absolute Gasteiger partial charge is 0.493 e. The zero-order chi connectivity index (χ0) is 16.2. The normalized spacial score (nSPS) is 10.8. The van der Waals surface area contributed by atoms with E-state index in [0.29, 0.717) is 19.1 Å². The van der Waals surface area contributed by atoms with Crippen LogP contribution < -0.4 is 20.5 Å². The Labute approximate surface area is 155 Å². The van der Waals surface area contributed by atoms with Gasteiger partial charge >= 0.3 is 0 Å². The van der Waals surface area contributed by atoms with E-state index in [9.17, 15) is 0 Å². The van der Waals surface area contributed by atoms with Gasteiger partial charge in [-0.05, 0) is 38.0 Å². The van der Waals surface area contributed by atoms with Gasteiger partial charge in [-0.15, -0.1) is 24.0 Å². The number of hydrogen-bond donors (Lipinski definition) is 2. The molecule has 0 atom stereocenters. The van der Waals surface area contributed by atoms with Gasteiger partial charge in [0.2, 0.25) is 0 Å². The van der Waals surface area contributed by atoms with Gasteiger partial charge < -0.3 is 25.3 Å². The lowest BCUT2D eigenvalue weighted by Gasteiger charge is -2.10. The first-order valence-corrected chi connectivity index (χ1v) is 7.62. The molecule has 0 amide bonds. The van der Waals surface area contributed by atoms with Crippen LogP contribution in [0.15, 0.2) is 23.2 Å². The molecule has 1 rings (SSSR count). The van der Waals surface area contributed by atoms with Gasteiger partial charge in [-0.25, -0.2) is 4.99 Å². The summed E-state index contributed by atoms with van der Waals surface area (Å²) >= 11 is 0. The third-order valence-corrected chi connectivity index (χ3v) is 2.94. The van der Waals surface area contributed by atoms with E-state index in [2.05, 4.69) is 10.3 Å². The first-order valence-electron chi connectivity index (χ1n) is 7.62. The number of methoxy groups -OCH3 is 1. The average molecular weight is 437 g/mol. The molecule has 0 aliphatic carbocycles. The van der Waals surface area contributed by atoms with Crippen molar-refractivity contribution >= 4 is 29.9 Å². The van der Waals surface area contributed by atoms with Crippen LogP contribution in [0.4, 0.5) is 0 Å². The Morgan fingerprint density at radius 3 is 2.65 bits per heavy atom. The van der Waals surface area contributed by atoms with Crippen LogP contribution in [-0.4, -0.2) is 39.4 Å². The molecule has 0 radical (unpaired) electrons. The van der Waals surface area contributed by atoms with Crippen LogP contribution in [0.3, 0.4) is 0 Å². The van der Waals surface area contributed by atoms with E-state index in [-0.39, 0.29) is 24.0 Å². The van der Waals surface area contributed by atoms with Crippen molar-refractivity contribution in [3.8, 4) is 11.5 Å². The summed E-state index contributed by atoms with van der Waals surface area (Å²) in [4.78, 5) is 4.32. The van der Waals surface area contributed by atoms with Crippen molar-refractivity contribution in [3.05, 3.63) is 23.8 Å². The van der Waals surface area contributed by atoms with Crippen molar-refractivity contribution in [2.24, 2.45) is 10.7 Å². The van der Waals surface area contributed by atoms with Crippen molar-refractivity contribution < 1.29 is 14.2 Å². The number of guanidine groups is 1. The molecule has 23 heavy (non-hydrogen) atoms. The monoisotopic (exact) mass is 437 g/mol. The maximum Gasteiger partial charge on any atom is 0.188 e. The zero-order valence-corrected chi connectivity index (χ0v) is 16.5. The number of halogens is 1. The van der Waals surface area contributed by atoms with Crippen LogP contribution in [0.2, 0.25) is 0 Å². The van der Waals surface area contributed by atoms with Crippen molar-refractivity contribution in [2.75, 3.05) is 33.5 Å². The van der Waals surface area contributed by atoms with Crippen molar-refractivity contribution in [1.82, 2.24) is 5.32 Å². The summed E-state index contributed by atoms with van der Waals surface area (Å²) in [5.74, 6) is 1.88. The number of benzene rings is 1. The SMILES string of the molecule is CCOCCCNC(N)=NCc1ccc(OC)c(OCC)c1.I. The number of nitrogens with one attached hydrogen (secondary N) is 1. The van der Waals surface area contributed by atoms with Gasteiger partial charge in [0.25, 0.3) is 0 Å². The molecule has 7 heteroatoms. The second kappa shape index (κ2) is 13.2. The Morgan fingerprint density at radius 1 is 1.22 bits per heavy atom. The smallest absolute Gasteiger partial charge is 0.188 e. The van der Waals surface area contributed by atoms with E-state index < -0.39 is 0 Å². The van der Waals surface area contributed by atoms with Crippen LogP contribution in [0.5, 0.6) is 11.5 Å². The second-order valence-corrected chi connectivity index (χ2v) is 4.60. The number of ether oxygens (including phenoxy) is 3. The molecule has 1 aromatic carbocycles. The zero-order valence-electron chi connectivity index (χ0n) is 14.1. The highest BCUT2D eigenvalue weighted by atomic mass is 127. The molecule has 0 aromatic heterocycles. The molecule has 0 unspecified atom stereocenters. The predicted octanol–water partition coefficient (Wildman–Crippen LogP) is 2.54. The van der Waals surface area contributed by atoms with Crippen LogP contribution >= 0.6 is 24.0 Å². The third kappa shape index (κ3) is 8.85. The topological polar surface area (TPSA) is 78.1 Å². The summed E-state index contributed by atoms with van der Waals surface area (Å²) in [5, 5.41) is 3.07. The van der Waals surface area contributed by atoms with Crippen LogP contribution in [0, 0.1) is 0 Å². The molecule has 6 nitrogen and oxygen atoms in total. The van der Waals surface area contributed by atoms with E-state index in [4.69, 9.17) is 19.9 Å². The maximum atomic E-state index is 5.83. The summed E-state index contributed by atoms with van der Waals surface area (Å²) in [7, 11) is 1.62. The predicted molar refractivity (Wildman–Crippen MR) is 104 cm³/mol. The standard InChI is InChI=1S/C16H27N3O3.HI/c1-4-21-10-6-9-18-16(17)19-12-13-7-8-14(20-3)15(11-13)22-5-2;/h7-8,11H,4-6,9-10,12H2,1-3H3,(H3,17,18,19);1H. The summed E-state index contributed by atoms with van der Waals surface area (Å²) in [5.41, 5.74) is 6.85. The lowest BCUT2D eigenvalue weighted by Crippen LogP contribution is -2.32. The van der Waals surface area contributed by atoms with Gasteiger partial charge in [-0.1, -0.05) is 6.07 Å². The lowest BCUT2D eigenvalue weighted by molar-refractivity contribution is 0.145. The Bertz CT molecular complexity index is 470. The molecule has 1 aromatic rings. The molecule has 0 heterocycles. The average Bonchev–Trinajstić information content (AvgIpc) is 2.53. The molecule has 0 saturated carbocycles. The van der Waals surface area contributed by atoms with Gasteiger partial charge in [0.05, 0.1) is 20.3 Å². The van der Waals surface area contributed by atoms with Gasteiger partial charge in [-0.3, -0.25) is 0 Å². The maximum absolute atomic E-state index is 5.83. The van der Waals surface area contributed by atoms with E-state index in [0.717, 1.165) is 43.2 Å². The van der Waals surface area contributed by atoms with Crippen molar-refractivity contribution in [1.29, 1.82) is 0 Å². The molecular formula is C16H28IN3O3. The molecule has 0 saturated heterocycles. The number of nitrogens with zero attached hydrogens (tertiary/aromatic N) is 1. The molecular weight excluding hydrogens is 409 g/mol. The fourth-order valence-corrected chi connectivity index (χ4v) is 1.86. The van der Waals surface area contributed by atoms with Crippen LogP contribution in [-0.2, 0) is 11.3 Å². The van der Waals surface area contributed by atoms with E-state index in [1.807, 2.05) is 32.0 Å². The molecule has 0 fully saturated rings. The molecule has 0 bridgehead atoms. The first-order chi connectivity index (χ1) is 10.7. The van der Waals surface area contributed by atoms with Gasteiger partial charge in [0, 0.05) is 19.8 Å². The Hall–Kier alpha value is -1.22. The van der Waals surface area contributed by atoms with E-state index in [1.54, 1.807) is 7.11 Å². The summed E-state index contributed by atoms with van der Waals surface area (Å²) in [6, 6.07) is 5.75. The number of nitrogens with two attached hydrogens (primary N) is 1. The molecule has 0 aliphatic rings. The van der Waals surface area contributed by atoms with Crippen molar-refractivity contribution in [2.45, 2.75) is 26.8 Å². The molecule has 3 N–H and O–H groups in total. The highest BCUT2D eigenvalue weighted by Gasteiger charge is 2.05. The summed E-state index contributed by atoms with van der Waals surface area (Å²) < 4.78 is 16.1. The quantitative estimate of drug-likeness (QED) is 0.255. The first kappa shape index (κ1) is 21.8. The van der Waals surface area contributed by atoms with Gasteiger partial charge in [-0.2, -0.15) is 0 Å². The Morgan fingerprint density at radius 2 is 2.00 bits per heavy atom. The molecule has 132 valence electrons. The van der Waals surface area contributed by atoms with Crippen LogP contribution in [0.25, 0.3) is 0 Å². The van der Waals surface area contributed by atoms with Gasteiger partial charge in [0.1, 0.15) is 0 Å². The summed E-state index contributed by atoms with van der Waals surface area (Å²) in [6.07, 6.45) is 0.904. The fraction of sp³-hybridized carbons (Fsp3) is 0.562. The highest BCUT2D eigenvalue weighted by molar-refractivity contribution is 14.0. The summed E-state index contributed by atoms with van der Waals surface area (Å²) in [6.45, 7) is 7.22. The highest BCUT2D eigenvalue weighted by Crippen LogP contribution is 2.28. The van der Waals surface area contributed by atoms with Crippen molar-refractivity contribution in [3.63, 3.8) is 0 Å². The molecule has 0 spiro atoms. The number of hydrogen-bond acceptors (Lipinski definition) is 4. The second-order valence-electron chi connectivity index (χ2n) is 4.60. The minimum absolute atomic E-state index is 0.